The first kappa shape index (κ1) is 14.9. The van der Waals surface area contributed by atoms with Gasteiger partial charge in [0.1, 0.15) is 10.6 Å². The lowest BCUT2D eigenvalue weighted by molar-refractivity contribution is 0.486. The number of rotatable bonds is 4. The van der Waals surface area contributed by atoms with Gasteiger partial charge in [0, 0.05) is 5.88 Å². The fourth-order valence-corrected chi connectivity index (χ4v) is 3.44. The van der Waals surface area contributed by atoms with Gasteiger partial charge in [-0.15, -0.1) is 11.6 Å². The lowest BCUT2D eigenvalue weighted by Gasteiger charge is -2.10. The molecule has 0 fully saturated rings. The van der Waals surface area contributed by atoms with Gasteiger partial charge in [-0.2, -0.15) is 8.42 Å². The molecule has 0 unspecified atom stereocenters. The fourth-order valence-electron chi connectivity index (χ4n) is 2.28. The zero-order chi connectivity index (χ0) is 15.6. The summed E-state index contributed by atoms with van der Waals surface area (Å²) < 4.78 is 29.8. The molecule has 3 rings (SSSR count). The number of hydrogen-bond acceptors (Lipinski definition) is 3. The van der Waals surface area contributed by atoms with Crippen LogP contribution in [0.25, 0.3) is 10.8 Å². The normalized spacial score (nSPS) is 11.5. The molecule has 0 aliphatic rings. The van der Waals surface area contributed by atoms with E-state index in [0.29, 0.717) is 0 Å². The summed E-state index contributed by atoms with van der Waals surface area (Å²) in [5, 5.41) is 1.88. The molecule has 0 radical (unpaired) electrons. The van der Waals surface area contributed by atoms with Crippen molar-refractivity contribution in [1.82, 2.24) is 0 Å². The molecule has 3 nitrogen and oxygen atoms in total. The predicted octanol–water partition coefficient (Wildman–Crippen LogP) is 4.35. The van der Waals surface area contributed by atoms with Gasteiger partial charge >= 0.3 is 10.1 Å². The molecule has 3 aromatic rings. The van der Waals surface area contributed by atoms with Crippen molar-refractivity contribution in [3.8, 4) is 5.75 Å². The van der Waals surface area contributed by atoms with Crippen LogP contribution in [-0.2, 0) is 16.0 Å². The molecule has 0 saturated carbocycles. The molecule has 0 bridgehead atoms. The van der Waals surface area contributed by atoms with E-state index in [-0.39, 0.29) is 16.5 Å². The van der Waals surface area contributed by atoms with Crippen LogP contribution >= 0.6 is 11.6 Å². The Hall–Kier alpha value is -2.04. The second kappa shape index (κ2) is 5.99. The van der Waals surface area contributed by atoms with E-state index in [1.807, 2.05) is 24.3 Å². The van der Waals surface area contributed by atoms with Gasteiger partial charge in [-0.25, -0.2) is 0 Å². The standard InChI is InChI=1S/C17H13ClO3S/c18-12-14-11-15(10-13-6-4-5-9-17(13)14)21-22(19,20)16-7-2-1-3-8-16/h1-11H,12H2. The molecule has 0 heterocycles. The van der Waals surface area contributed by atoms with Crippen molar-refractivity contribution >= 4 is 32.5 Å². The van der Waals surface area contributed by atoms with Crippen LogP contribution in [0.5, 0.6) is 5.75 Å². The summed E-state index contributed by atoms with van der Waals surface area (Å²) in [5.74, 6) is 0.543. The van der Waals surface area contributed by atoms with Gasteiger partial charge in [0.2, 0.25) is 0 Å². The molecule has 3 aromatic carbocycles. The third-order valence-electron chi connectivity index (χ3n) is 3.30. The molecule has 22 heavy (non-hydrogen) atoms. The largest absolute Gasteiger partial charge is 0.379 e. The molecule has 0 amide bonds. The van der Waals surface area contributed by atoms with Crippen molar-refractivity contribution in [3.05, 3.63) is 72.3 Å². The van der Waals surface area contributed by atoms with Crippen molar-refractivity contribution in [2.75, 3.05) is 0 Å². The number of hydrogen-bond donors (Lipinski definition) is 0. The second-order valence-corrected chi connectivity index (χ2v) is 6.60. The quantitative estimate of drug-likeness (QED) is 0.527. The van der Waals surface area contributed by atoms with Gasteiger partial charge < -0.3 is 4.18 Å². The summed E-state index contributed by atoms with van der Waals surface area (Å²) in [5.41, 5.74) is 0.832. The Balaban J connectivity index is 2.04. The van der Waals surface area contributed by atoms with Crippen LogP contribution < -0.4 is 4.18 Å². The molecule has 0 aromatic heterocycles. The van der Waals surface area contributed by atoms with E-state index in [0.717, 1.165) is 16.3 Å². The van der Waals surface area contributed by atoms with Crippen molar-refractivity contribution in [1.29, 1.82) is 0 Å². The summed E-state index contributed by atoms with van der Waals surface area (Å²) in [7, 11) is -3.85. The van der Waals surface area contributed by atoms with Crippen molar-refractivity contribution in [3.63, 3.8) is 0 Å². The minimum Gasteiger partial charge on any atom is -0.379 e. The van der Waals surface area contributed by atoms with Crippen LogP contribution in [0.2, 0.25) is 0 Å². The molecular weight excluding hydrogens is 320 g/mol. The minimum atomic E-state index is -3.85. The van der Waals surface area contributed by atoms with E-state index in [1.165, 1.54) is 12.1 Å². The van der Waals surface area contributed by atoms with Crippen molar-refractivity contribution < 1.29 is 12.6 Å². The first-order valence-electron chi connectivity index (χ1n) is 6.67. The highest BCUT2D eigenvalue weighted by Crippen LogP contribution is 2.28. The van der Waals surface area contributed by atoms with E-state index < -0.39 is 10.1 Å². The highest BCUT2D eigenvalue weighted by molar-refractivity contribution is 7.87. The third-order valence-corrected chi connectivity index (χ3v) is 4.85. The van der Waals surface area contributed by atoms with Crippen LogP contribution in [0.15, 0.2) is 71.6 Å². The maximum Gasteiger partial charge on any atom is 0.339 e. The van der Waals surface area contributed by atoms with E-state index in [9.17, 15) is 8.42 Å². The summed E-state index contributed by atoms with van der Waals surface area (Å²) in [6, 6.07) is 19.1. The monoisotopic (exact) mass is 332 g/mol. The second-order valence-electron chi connectivity index (χ2n) is 4.79. The first-order chi connectivity index (χ1) is 10.6. The van der Waals surface area contributed by atoms with Crippen LogP contribution in [0.3, 0.4) is 0 Å². The fraction of sp³-hybridized carbons (Fsp3) is 0.0588. The highest BCUT2D eigenvalue weighted by atomic mass is 35.5. The number of benzene rings is 3. The van der Waals surface area contributed by atoms with E-state index >= 15 is 0 Å². The van der Waals surface area contributed by atoms with Crippen LogP contribution in [0.4, 0.5) is 0 Å². The Morgan fingerprint density at radius 2 is 1.59 bits per heavy atom. The number of alkyl halides is 1. The van der Waals surface area contributed by atoms with Crippen molar-refractivity contribution in [2.45, 2.75) is 10.8 Å². The summed E-state index contributed by atoms with van der Waals surface area (Å²) in [4.78, 5) is 0.121. The first-order valence-corrected chi connectivity index (χ1v) is 8.61. The molecular formula is C17H13ClO3S. The minimum absolute atomic E-state index is 0.121. The zero-order valence-corrected chi connectivity index (χ0v) is 13.1. The third kappa shape index (κ3) is 2.93. The van der Waals surface area contributed by atoms with Gasteiger partial charge in [0.25, 0.3) is 0 Å². The Kier molecular flexibility index (Phi) is 4.05. The van der Waals surface area contributed by atoms with Crippen LogP contribution in [0.1, 0.15) is 5.56 Å². The number of fused-ring (bicyclic) bond motifs is 1. The highest BCUT2D eigenvalue weighted by Gasteiger charge is 2.17. The number of halogens is 1. The predicted molar refractivity (Wildman–Crippen MR) is 87.8 cm³/mol. The molecule has 0 aliphatic carbocycles. The average Bonchev–Trinajstić information content (AvgIpc) is 2.54. The molecule has 0 aliphatic heterocycles. The molecule has 0 N–H and O–H groups in total. The Morgan fingerprint density at radius 1 is 0.909 bits per heavy atom. The Bertz CT molecular complexity index is 906. The van der Waals surface area contributed by atoms with Crippen LogP contribution in [-0.4, -0.2) is 8.42 Å². The van der Waals surface area contributed by atoms with E-state index in [4.69, 9.17) is 15.8 Å². The molecule has 0 atom stereocenters. The Morgan fingerprint density at radius 3 is 2.32 bits per heavy atom. The lowest BCUT2D eigenvalue weighted by atomic mass is 10.1. The van der Waals surface area contributed by atoms with Crippen molar-refractivity contribution in [2.24, 2.45) is 0 Å². The average molecular weight is 333 g/mol. The summed E-state index contributed by atoms with van der Waals surface area (Å²) in [6.45, 7) is 0. The van der Waals surface area contributed by atoms with Gasteiger partial charge in [-0.3, -0.25) is 0 Å². The van der Waals surface area contributed by atoms with E-state index in [2.05, 4.69) is 0 Å². The Labute approximate surface area is 134 Å². The van der Waals surface area contributed by atoms with E-state index in [1.54, 1.807) is 30.3 Å². The lowest BCUT2D eigenvalue weighted by Crippen LogP contribution is -2.09. The van der Waals surface area contributed by atoms with Gasteiger partial charge in [-0.05, 0) is 40.6 Å². The SMILES string of the molecule is O=S(=O)(Oc1cc(CCl)c2ccccc2c1)c1ccccc1. The molecule has 112 valence electrons. The smallest absolute Gasteiger partial charge is 0.339 e. The van der Waals surface area contributed by atoms with Gasteiger partial charge in [-0.1, -0.05) is 42.5 Å². The van der Waals surface area contributed by atoms with Gasteiger partial charge in [0.05, 0.1) is 0 Å². The zero-order valence-electron chi connectivity index (χ0n) is 11.6. The topological polar surface area (TPSA) is 43.4 Å². The van der Waals surface area contributed by atoms with Gasteiger partial charge in [0.15, 0.2) is 0 Å². The molecule has 5 heteroatoms. The molecule has 0 saturated heterocycles. The van der Waals surface area contributed by atoms with Crippen LogP contribution in [0, 0.1) is 0 Å². The molecule has 0 spiro atoms. The maximum absolute atomic E-state index is 12.3. The summed E-state index contributed by atoms with van der Waals surface area (Å²) in [6.07, 6.45) is 0. The summed E-state index contributed by atoms with van der Waals surface area (Å²) >= 11 is 5.96. The maximum atomic E-state index is 12.3.